The van der Waals surface area contributed by atoms with Gasteiger partial charge < -0.3 is 5.11 Å². The molecular weight excluding hydrogens is 148 g/mol. The van der Waals surface area contributed by atoms with E-state index in [9.17, 15) is 5.11 Å². The molecule has 1 N–H and O–H groups in total. The first kappa shape index (κ1) is 9.11. The molecule has 1 rings (SSSR count). The van der Waals surface area contributed by atoms with Crippen LogP contribution in [0.25, 0.3) is 0 Å². The summed E-state index contributed by atoms with van der Waals surface area (Å²) in [6, 6.07) is 1.85. The number of phenols is 1. The summed E-state index contributed by atoms with van der Waals surface area (Å²) in [7, 11) is 0. The van der Waals surface area contributed by atoms with Crippen LogP contribution in [0.15, 0.2) is 6.07 Å². The van der Waals surface area contributed by atoms with Gasteiger partial charge in [-0.1, -0.05) is 6.92 Å². The van der Waals surface area contributed by atoms with Gasteiger partial charge in [-0.15, -0.1) is 0 Å². The predicted molar refractivity (Wildman–Crippen MR) is 51.7 cm³/mol. The van der Waals surface area contributed by atoms with Crippen LogP contribution in [0.4, 0.5) is 0 Å². The molecule has 0 aliphatic carbocycles. The van der Waals surface area contributed by atoms with E-state index in [-0.39, 0.29) is 0 Å². The van der Waals surface area contributed by atoms with Crippen LogP contribution in [-0.4, -0.2) is 5.11 Å². The number of benzene rings is 1. The molecule has 12 heavy (non-hydrogen) atoms. The number of rotatable bonds is 1. The molecule has 0 radical (unpaired) electrons. The average Bonchev–Trinajstić information content (AvgIpc) is 2.01. The minimum Gasteiger partial charge on any atom is -0.508 e. The van der Waals surface area contributed by atoms with Gasteiger partial charge in [0.15, 0.2) is 0 Å². The third-order valence-electron chi connectivity index (χ3n) is 2.58. The highest BCUT2D eigenvalue weighted by molar-refractivity contribution is 5.47. The topological polar surface area (TPSA) is 20.2 Å². The second-order valence-electron chi connectivity index (χ2n) is 3.29. The quantitative estimate of drug-likeness (QED) is 0.676. The lowest BCUT2D eigenvalue weighted by Gasteiger charge is -2.11. The Morgan fingerprint density at radius 1 is 1.17 bits per heavy atom. The van der Waals surface area contributed by atoms with Crippen molar-refractivity contribution in [1.29, 1.82) is 0 Å². The third kappa shape index (κ3) is 1.31. The summed E-state index contributed by atoms with van der Waals surface area (Å²) in [6.07, 6.45) is 1.04. The Morgan fingerprint density at radius 3 is 2.25 bits per heavy atom. The Kier molecular flexibility index (Phi) is 2.41. The van der Waals surface area contributed by atoms with Crippen LogP contribution in [-0.2, 0) is 6.42 Å². The molecule has 0 saturated heterocycles. The van der Waals surface area contributed by atoms with Crippen molar-refractivity contribution in [2.75, 3.05) is 0 Å². The average molecular weight is 164 g/mol. The maximum Gasteiger partial charge on any atom is 0.119 e. The van der Waals surface area contributed by atoms with Gasteiger partial charge in [0.2, 0.25) is 0 Å². The maximum absolute atomic E-state index is 9.50. The molecule has 66 valence electrons. The van der Waals surface area contributed by atoms with Crippen molar-refractivity contribution in [3.8, 4) is 5.75 Å². The van der Waals surface area contributed by atoms with Crippen LogP contribution in [0.2, 0.25) is 0 Å². The molecule has 0 aliphatic heterocycles. The van der Waals surface area contributed by atoms with Crippen molar-refractivity contribution >= 4 is 0 Å². The van der Waals surface area contributed by atoms with Crippen molar-refractivity contribution in [2.45, 2.75) is 34.1 Å². The summed E-state index contributed by atoms with van der Waals surface area (Å²) in [6.45, 7) is 8.22. The lowest BCUT2D eigenvalue weighted by Crippen LogP contribution is -1.94. The Balaban J connectivity index is 3.40. The van der Waals surface area contributed by atoms with Gasteiger partial charge in [0, 0.05) is 0 Å². The van der Waals surface area contributed by atoms with Gasteiger partial charge in [-0.05, 0) is 55.5 Å². The number of aryl methyl sites for hydroxylation is 1. The van der Waals surface area contributed by atoms with Gasteiger partial charge in [-0.25, -0.2) is 0 Å². The predicted octanol–water partition coefficient (Wildman–Crippen LogP) is 2.88. The van der Waals surface area contributed by atoms with Crippen LogP contribution in [0.5, 0.6) is 5.75 Å². The van der Waals surface area contributed by atoms with E-state index in [4.69, 9.17) is 0 Å². The fraction of sp³-hybridized carbons (Fsp3) is 0.455. The first-order chi connectivity index (χ1) is 5.57. The summed E-state index contributed by atoms with van der Waals surface area (Å²) >= 11 is 0. The molecule has 1 aromatic carbocycles. The lowest BCUT2D eigenvalue weighted by molar-refractivity contribution is 0.469. The third-order valence-corrected chi connectivity index (χ3v) is 2.58. The van der Waals surface area contributed by atoms with Crippen LogP contribution >= 0.6 is 0 Å². The highest BCUT2D eigenvalue weighted by Crippen LogP contribution is 2.26. The highest BCUT2D eigenvalue weighted by Gasteiger charge is 2.06. The van der Waals surface area contributed by atoms with E-state index in [1.807, 2.05) is 19.9 Å². The minimum absolute atomic E-state index is 0.419. The second-order valence-corrected chi connectivity index (χ2v) is 3.29. The van der Waals surface area contributed by atoms with Crippen LogP contribution in [0.3, 0.4) is 0 Å². The first-order valence-electron chi connectivity index (χ1n) is 4.36. The Labute approximate surface area is 74.1 Å². The summed E-state index contributed by atoms with van der Waals surface area (Å²) in [5.74, 6) is 0.419. The smallest absolute Gasteiger partial charge is 0.119 e. The molecule has 0 saturated carbocycles. The fourth-order valence-electron chi connectivity index (χ4n) is 1.66. The molecule has 0 spiro atoms. The highest BCUT2D eigenvalue weighted by atomic mass is 16.3. The zero-order valence-corrected chi connectivity index (χ0v) is 8.23. The largest absolute Gasteiger partial charge is 0.508 e. The molecule has 0 fully saturated rings. The first-order valence-corrected chi connectivity index (χ1v) is 4.36. The van der Waals surface area contributed by atoms with Gasteiger partial charge in [0.25, 0.3) is 0 Å². The minimum atomic E-state index is 0.419. The molecule has 0 amide bonds. The van der Waals surface area contributed by atoms with Crippen molar-refractivity contribution in [1.82, 2.24) is 0 Å². The van der Waals surface area contributed by atoms with E-state index in [1.165, 1.54) is 16.7 Å². The van der Waals surface area contributed by atoms with E-state index in [0.29, 0.717) is 5.75 Å². The normalized spacial score (nSPS) is 10.3. The number of hydrogen-bond acceptors (Lipinski definition) is 1. The Morgan fingerprint density at radius 2 is 1.75 bits per heavy atom. The van der Waals surface area contributed by atoms with Gasteiger partial charge in [-0.3, -0.25) is 0 Å². The second kappa shape index (κ2) is 3.18. The molecule has 0 unspecified atom stereocenters. The summed E-state index contributed by atoms with van der Waals surface area (Å²) in [4.78, 5) is 0. The Hall–Kier alpha value is -0.980. The molecule has 1 heteroatoms. The molecule has 0 atom stereocenters. The molecule has 0 bridgehead atoms. The fourth-order valence-corrected chi connectivity index (χ4v) is 1.66. The lowest BCUT2D eigenvalue weighted by atomic mass is 9.96. The molecule has 1 nitrogen and oxygen atoms in total. The van der Waals surface area contributed by atoms with Gasteiger partial charge in [-0.2, -0.15) is 0 Å². The van der Waals surface area contributed by atoms with Crippen molar-refractivity contribution in [3.63, 3.8) is 0 Å². The zero-order valence-electron chi connectivity index (χ0n) is 8.23. The van der Waals surface area contributed by atoms with Crippen LogP contribution < -0.4 is 0 Å². The number of phenolic OH excluding ortho intramolecular Hbond substituents is 1. The van der Waals surface area contributed by atoms with Gasteiger partial charge in [0.1, 0.15) is 5.75 Å². The van der Waals surface area contributed by atoms with Gasteiger partial charge in [0.05, 0.1) is 0 Å². The Bertz CT molecular complexity index is 300. The monoisotopic (exact) mass is 164 g/mol. The summed E-state index contributed by atoms with van der Waals surface area (Å²) in [5, 5.41) is 9.50. The maximum atomic E-state index is 9.50. The van der Waals surface area contributed by atoms with Crippen LogP contribution in [0.1, 0.15) is 29.2 Å². The van der Waals surface area contributed by atoms with Crippen molar-refractivity contribution in [2.24, 2.45) is 0 Å². The zero-order chi connectivity index (χ0) is 9.30. The van der Waals surface area contributed by atoms with E-state index < -0.39 is 0 Å². The molecule has 0 aromatic heterocycles. The molecule has 0 heterocycles. The van der Waals surface area contributed by atoms with E-state index in [1.54, 1.807) is 0 Å². The van der Waals surface area contributed by atoms with Crippen LogP contribution in [0, 0.1) is 20.8 Å². The molecular formula is C11H16O. The molecule has 1 aromatic rings. The van der Waals surface area contributed by atoms with E-state index in [2.05, 4.69) is 13.8 Å². The SMILES string of the molecule is CCc1c(C)cc(O)c(C)c1C. The van der Waals surface area contributed by atoms with E-state index in [0.717, 1.165) is 12.0 Å². The van der Waals surface area contributed by atoms with Crippen molar-refractivity contribution in [3.05, 3.63) is 28.3 Å². The number of hydrogen-bond donors (Lipinski definition) is 1. The van der Waals surface area contributed by atoms with Gasteiger partial charge >= 0.3 is 0 Å². The standard InChI is InChI=1S/C11H16O/c1-5-10-7(2)6-11(12)9(4)8(10)3/h6,12H,5H2,1-4H3. The summed E-state index contributed by atoms with van der Waals surface area (Å²) < 4.78 is 0. The molecule has 0 aliphatic rings. The number of aromatic hydroxyl groups is 1. The van der Waals surface area contributed by atoms with E-state index >= 15 is 0 Å². The van der Waals surface area contributed by atoms with Crippen molar-refractivity contribution < 1.29 is 5.11 Å². The summed E-state index contributed by atoms with van der Waals surface area (Å²) in [5.41, 5.74) is 4.80.